The van der Waals surface area contributed by atoms with Crippen LogP contribution in [-0.2, 0) is 4.43 Å². The van der Waals surface area contributed by atoms with Gasteiger partial charge in [0.25, 0.3) is 0 Å². The summed E-state index contributed by atoms with van der Waals surface area (Å²) >= 11 is 1.89. The van der Waals surface area contributed by atoms with Crippen molar-refractivity contribution >= 4 is 20.1 Å². The van der Waals surface area contributed by atoms with Gasteiger partial charge < -0.3 is 4.43 Å². The zero-order chi connectivity index (χ0) is 15.2. The molecule has 0 radical (unpaired) electrons. The minimum atomic E-state index is -1.68. The van der Waals surface area contributed by atoms with Crippen molar-refractivity contribution in [3.8, 4) is 0 Å². The quantitative estimate of drug-likeness (QED) is 0.332. The normalized spacial score (nSPS) is 12.7. The first-order valence-electron chi connectivity index (χ1n) is 7.73. The third kappa shape index (κ3) is 4.37. The zero-order valence-corrected chi connectivity index (χ0v) is 15.7. The molecule has 0 bridgehead atoms. The zero-order valence-electron chi connectivity index (χ0n) is 13.8. The molecule has 114 valence electrons. The van der Waals surface area contributed by atoms with Crippen molar-refractivity contribution in [1.29, 1.82) is 0 Å². The van der Waals surface area contributed by atoms with Gasteiger partial charge >= 0.3 is 0 Å². The first-order valence-corrected chi connectivity index (χ1v) is 10.9. The van der Waals surface area contributed by atoms with E-state index in [0.717, 1.165) is 12.4 Å². The maximum absolute atomic E-state index is 6.55. The lowest BCUT2D eigenvalue weighted by Gasteiger charge is -2.42. The molecular weight excluding hydrogens is 280 g/mol. The second-order valence-corrected chi connectivity index (χ2v) is 13.0. The number of hydrogen-bond acceptors (Lipinski definition) is 2. The Kier molecular flexibility index (Phi) is 7.34. The lowest BCUT2D eigenvalue weighted by atomic mass is 10.4. The van der Waals surface area contributed by atoms with E-state index in [1.165, 1.54) is 4.90 Å². The Morgan fingerprint density at radius 1 is 0.900 bits per heavy atom. The van der Waals surface area contributed by atoms with Crippen LogP contribution in [0.15, 0.2) is 35.2 Å². The van der Waals surface area contributed by atoms with Crippen molar-refractivity contribution in [3.63, 3.8) is 0 Å². The molecule has 0 heterocycles. The van der Waals surface area contributed by atoms with Crippen LogP contribution < -0.4 is 0 Å². The van der Waals surface area contributed by atoms with Gasteiger partial charge in [0.05, 0.1) is 0 Å². The molecule has 1 nitrogen and oxygen atoms in total. The van der Waals surface area contributed by atoms with Gasteiger partial charge in [-0.3, -0.25) is 0 Å². The summed E-state index contributed by atoms with van der Waals surface area (Å²) in [6.45, 7) is 14.9. The SMILES string of the molecule is CC(C)[Si](OCCSc1ccccc1)(C(C)C)C(C)C. The summed E-state index contributed by atoms with van der Waals surface area (Å²) < 4.78 is 6.55. The predicted molar refractivity (Wildman–Crippen MR) is 94.2 cm³/mol. The van der Waals surface area contributed by atoms with Gasteiger partial charge in [-0.05, 0) is 28.8 Å². The Labute approximate surface area is 130 Å². The average Bonchev–Trinajstić information content (AvgIpc) is 2.38. The molecule has 0 saturated carbocycles. The molecule has 0 aliphatic carbocycles. The van der Waals surface area contributed by atoms with E-state index in [1.54, 1.807) is 0 Å². The fourth-order valence-corrected chi connectivity index (χ4v) is 9.75. The van der Waals surface area contributed by atoms with E-state index in [9.17, 15) is 0 Å². The van der Waals surface area contributed by atoms with Gasteiger partial charge in [-0.2, -0.15) is 0 Å². The first kappa shape index (κ1) is 17.8. The summed E-state index contributed by atoms with van der Waals surface area (Å²) in [7, 11) is -1.68. The molecule has 0 amide bonds. The van der Waals surface area contributed by atoms with Crippen LogP contribution >= 0.6 is 11.8 Å². The summed E-state index contributed by atoms with van der Waals surface area (Å²) in [6.07, 6.45) is 0. The molecule has 0 atom stereocenters. The van der Waals surface area contributed by atoms with Gasteiger partial charge in [0.1, 0.15) is 0 Å². The van der Waals surface area contributed by atoms with Gasteiger partial charge in [-0.25, -0.2) is 0 Å². The fraction of sp³-hybridized carbons (Fsp3) is 0.647. The monoisotopic (exact) mass is 310 g/mol. The van der Waals surface area contributed by atoms with Gasteiger partial charge in [-0.1, -0.05) is 59.7 Å². The second kappa shape index (κ2) is 8.25. The Hall–Kier alpha value is -0.253. The molecule has 0 fully saturated rings. The lowest BCUT2D eigenvalue weighted by Crippen LogP contribution is -2.48. The van der Waals surface area contributed by atoms with Crippen LogP contribution in [0.5, 0.6) is 0 Å². The molecule has 0 spiro atoms. The minimum Gasteiger partial charge on any atom is -0.415 e. The topological polar surface area (TPSA) is 9.23 Å². The molecule has 0 aliphatic rings. The maximum Gasteiger partial charge on any atom is 0.200 e. The lowest BCUT2D eigenvalue weighted by molar-refractivity contribution is 0.300. The van der Waals surface area contributed by atoms with Crippen molar-refractivity contribution in [1.82, 2.24) is 0 Å². The Morgan fingerprint density at radius 2 is 1.40 bits per heavy atom. The summed E-state index contributed by atoms with van der Waals surface area (Å²) in [6, 6.07) is 10.6. The highest BCUT2D eigenvalue weighted by Crippen LogP contribution is 2.42. The summed E-state index contributed by atoms with van der Waals surface area (Å²) in [4.78, 5) is 1.34. The molecule has 0 N–H and O–H groups in total. The third-order valence-corrected chi connectivity index (χ3v) is 11.2. The van der Waals surface area contributed by atoms with Crippen molar-refractivity contribution in [3.05, 3.63) is 30.3 Å². The van der Waals surface area contributed by atoms with Crippen LogP contribution in [0.25, 0.3) is 0 Å². The molecule has 1 rings (SSSR count). The predicted octanol–water partition coefficient (Wildman–Crippen LogP) is 5.97. The highest BCUT2D eigenvalue weighted by Gasteiger charge is 2.44. The molecule has 0 aliphatic heterocycles. The third-order valence-electron chi connectivity index (χ3n) is 4.15. The molecular formula is C17H30OSSi. The van der Waals surface area contributed by atoms with Crippen LogP contribution in [0.4, 0.5) is 0 Å². The summed E-state index contributed by atoms with van der Waals surface area (Å²) in [5, 5.41) is 0. The Morgan fingerprint density at radius 3 is 1.85 bits per heavy atom. The van der Waals surface area contributed by atoms with Crippen LogP contribution in [-0.4, -0.2) is 20.7 Å². The van der Waals surface area contributed by atoms with Crippen molar-refractivity contribution in [2.75, 3.05) is 12.4 Å². The molecule has 1 aromatic carbocycles. The fourth-order valence-electron chi connectivity index (χ4n) is 3.39. The van der Waals surface area contributed by atoms with Crippen molar-refractivity contribution in [2.24, 2.45) is 0 Å². The van der Waals surface area contributed by atoms with E-state index >= 15 is 0 Å². The number of hydrogen-bond donors (Lipinski definition) is 0. The number of rotatable bonds is 8. The standard InChI is InChI=1S/C17H30OSSi/c1-14(2)20(15(3)4,16(5)6)18-12-13-19-17-10-8-7-9-11-17/h7-11,14-16H,12-13H2,1-6H3. The summed E-state index contributed by atoms with van der Waals surface area (Å²) in [5.41, 5.74) is 2.01. The van der Waals surface area contributed by atoms with Gasteiger partial charge in [0.2, 0.25) is 0 Å². The highest BCUT2D eigenvalue weighted by molar-refractivity contribution is 7.99. The van der Waals surface area contributed by atoms with E-state index in [2.05, 4.69) is 71.9 Å². The Balaban J connectivity index is 2.55. The largest absolute Gasteiger partial charge is 0.415 e. The molecule has 0 aromatic heterocycles. The Bertz CT molecular complexity index is 354. The van der Waals surface area contributed by atoms with E-state index < -0.39 is 8.32 Å². The van der Waals surface area contributed by atoms with Crippen molar-refractivity contribution in [2.45, 2.75) is 63.1 Å². The van der Waals surface area contributed by atoms with E-state index in [4.69, 9.17) is 4.43 Å². The molecule has 1 aromatic rings. The minimum absolute atomic E-state index is 0.671. The van der Waals surface area contributed by atoms with Gasteiger partial charge in [0, 0.05) is 17.3 Å². The van der Waals surface area contributed by atoms with Gasteiger partial charge in [-0.15, -0.1) is 11.8 Å². The molecule has 20 heavy (non-hydrogen) atoms. The van der Waals surface area contributed by atoms with Crippen LogP contribution in [0, 0.1) is 0 Å². The van der Waals surface area contributed by atoms with Crippen LogP contribution in [0.1, 0.15) is 41.5 Å². The van der Waals surface area contributed by atoms with Gasteiger partial charge in [0.15, 0.2) is 8.32 Å². The average molecular weight is 311 g/mol. The molecule has 0 unspecified atom stereocenters. The van der Waals surface area contributed by atoms with E-state index in [0.29, 0.717) is 16.6 Å². The van der Waals surface area contributed by atoms with Crippen LogP contribution in [0.2, 0.25) is 16.6 Å². The maximum atomic E-state index is 6.55. The molecule has 3 heteroatoms. The van der Waals surface area contributed by atoms with Crippen LogP contribution in [0.3, 0.4) is 0 Å². The molecule has 0 saturated heterocycles. The van der Waals surface area contributed by atoms with Crippen molar-refractivity contribution < 1.29 is 4.43 Å². The number of benzene rings is 1. The highest BCUT2D eigenvalue weighted by atomic mass is 32.2. The van der Waals surface area contributed by atoms with E-state index in [1.807, 2.05) is 11.8 Å². The summed E-state index contributed by atoms with van der Waals surface area (Å²) in [5.74, 6) is 1.05. The number of thioether (sulfide) groups is 1. The smallest absolute Gasteiger partial charge is 0.200 e. The van der Waals surface area contributed by atoms with E-state index in [-0.39, 0.29) is 0 Å². The first-order chi connectivity index (χ1) is 9.41. The second-order valence-electron chi connectivity index (χ2n) is 6.33.